The first-order chi connectivity index (χ1) is 18.8. The minimum Gasteiger partial charge on any atom is -0.464 e. The summed E-state index contributed by atoms with van der Waals surface area (Å²) in [6.45, 7) is 4.45. The Morgan fingerprint density at radius 2 is 1.62 bits per heavy atom. The molecule has 3 aromatic carbocycles. The van der Waals surface area contributed by atoms with Gasteiger partial charge in [0.25, 0.3) is 11.6 Å². The molecule has 1 N–H and O–H groups in total. The van der Waals surface area contributed by atoms with Gasteiger partial charge in [0.05, 0.1) is 27.1 Å². The number of carbonyl (C=O) groups is 2. The lowest BCUT2D eigenvalue weighted by atomic mass is 10.0. The molecule has 39 heavy (non-hydrogen) atoms. The molecule has 0 spiro atoms. The van der Waals surface area contributed by atoms with Crippen molar-refractivity contribution < 1.29 is 19.2 Å². The van der Waals surface area contributed by atoms with E-state index in [2.05, 4.69) is 10.2 Å². The van der Waals surface area contributed by atoms with Crippen LogP contribution in [0.1, 0.15) is 22.8 Å². The molecular weight excluding hydrogens is 543 g/mol. The Bertz CT molecular complexity index is 1330. The van der Waals surface area contributed by atoms with Gasteiger partial charge in [-0.3, -0.25) is 14.9 Å². The molecule has 4 rings (SSSR count). The molecule has 1 fully saturated rings. The molecule has 0 unspecified atom stereocenters. The molecule has 0 aromatic heterocycles. The lowest BCUT2D eigenvalue weighted by Gasteiger charge is -2.37. The van der Waals surface area contributed by atoms with Crippen molar-refractivity contribution >= 4 is 52.1 Å². The zero-order valence-corrected chi connectivity index (χ0v) is 22.8. The average Bonchev–Trinajstić information content (AvgIpc) is 2.93. The number of ether oxygens (including phenoxy) is 1. The Labute approximate surface area is 236 Å². The lowest BCUT2D eigenvalue weighted by Crippen LogP contribution is -2.46. The van der Waals surface area contributed by atoms with Crippen LogP contribution in [0, 0.1) is 10.1 Å². The van der Waals surface area contributed by atoms with Gasteiger partial charge in [0.15, 0.2) is 0 Å². The van der Waals surface area contributed by atoms with Crippen molar-refractivity contribution in [2.24, 2.45) is 0 Å². The summed E-state index contributed by atoms with van der Waals surface area (Å²) in [6, 6.07) is 18.4. The van der Waals surface area contributed by atoms with Crippen molar-refractivity contribution in [3.8, 4) is 0 Å². The van der Waals surface area contributed by atoms with E-state index in [9.17, 15) is 19.7 Å². The fourth-order valence-corrected chi connectivity index (χ4v) is 5.14. The predicted octanol–water partition coefficient (Wildman–Crippen LogP) is 5.13. The third kappa shape index (κ3) is 6.79. The number of nitro groups is 1. The molecule has 1 saturated heterocycles. The van der Waals surface area contributed by atoms with Crippen molar-refractivity contribution in [3.63, 3.8) is 0 Å². The summed E-state index contributed by atoms with van der Waals surface area (Å²) in [5.74, 6) is -1.32. The molecule has 1 aliphatic rings. The van der Waals surface area contributed by atoms with E-state index < -0.39 is 22.8 Å². The van der Waals surface area contributed by atoms with Crippen LogP contribution in [0.4, 0.5) is 17.1 Å². The molecule has 1 heterocycles. The first-order valence-corrected chi connectivity index (χ1v) is 13.3. The number of carbonyl (C=O) groups excluding carboxylic acids is 2. The van der Waals surface area contributed by atoms with Gasteiger partial charge < -0.3 is 19.9 Å². The fourth-order valence-electron chi connectivity index (χ4n) is 4.57. The van der Waals surface area contributed by atoms with Crippen LogP contribution in [-0.4, -0.2) is 55.6 Å². The van der Waals surface area contributed by atoms with Gasteiger partial charge in [0.2, 0.25) is 0 Å². The van der Waals surface area contributed by atoms with Crippen LogP contribution >= 0.6 is 23.2 Å². The molecule has 1 atom stereocenters. The highest BCUT2D eigenvalue weighted by Crippen LogP contribution is 2.31. The maximum absolute atomic E-state index is 13.0. The molecule has 204 valence electrons. The lowest BCUT2D eigenvalue weighted by molar-refractivity contribution is -0.384. The Morgan fingerprint density at radius 1 is 0.974 bits per heavy atom. The summed E-state index contributed by atoms with van der Waals surface area (Å²) >= 11 is 12.3. The zero-order valence-electron chi connectivity index (χ0n) is 21.3. The summed E-state index contributed by atoms with van der Waals surface area (Å²) in [4.78, 5) is 41.5. The number of esters is 1. The number of hydrogen-bond donors (Lipinski definition) is 1. The molecule has 11 heteroatoms. The third-order valence-corrected chi connectivity index (χ3v) is 7.11. The third-order valence-electron chi connectivity index (χ3n) is 6.48. The number of halogens is 2. The Morgan fingerprint density at radius 3 is 2.23 bits per heavy atom. The molecule has 0 aliphatic carbocycles. The number of amides is 1. The van der Waals surface area contributed by atoms with E-state index in [0.29, 0.717) is 24.3 Å². The van der Waals surface area contributed by atoms with Crippen LogP contribution in [0.3, 0.4) is 0 Å². The van der Waals surface area contributed by atoms with Crippen molar-refractivity contribution in [3.05, 3.63) is 98.0 Å². The SMILES string of the molecule is CCOC(=O)[C@H](Cc1ccc(N2CCN(c3ccccc3)CC2)c([N+](=O)[O-])c1)NC(=O)c1c(Cl)cccc1Cl. The smallest absolute Gasteiger partial charge is 0.328 e. The van der Waals surface area contributed by atoms with E-state index in [0.717, 1.165) is 18.8 Å². The van der Waals surface area contributed by atoms with E-state index >= 15 is 0 Å². The number of para-hydroxylation sites is 1. The van der Waals surface area contributed by atoms with Gasteiger partial charge in [-0.05, 0) is 42.8 Å². The number of nitro benzene ring substituents is 1. The Kier molecular flexibility index (Phi) is 9.27. The van der Waals surface area contributed by atoms with E-state index in [4.69, 9.17) is 27.9 Å². The Balaban J connectivity index is 1.52. The highest BCUT2D eigenvalue weighted by atomic mass is 35.5. The minimum atomic E-state index is -1.11. The van der Waals surface area contributed by atoms with Crippen LogP contribution in [0.5, 0.6) is 0 Å². The topological polar surface area (TPSA) is 105 Å². The first-order valence-electron chi connectivity index (χ1n) is 12.5. The summed E-state index contributed by atoms with van der Waals surface area (Å²) in [7, 11) is 0. The van der Waals surface area contributed by atoms with E-state index in [1.807, 2.05) is 35.2 Å². The van der Waals surface area contributed by atoms with Crippen LogP contribution in [-0.2, 0) is 16.0 Å². The number of rotatable bonds is 9. The minimum absolute atomic E-state index is 0.0183. The van der Waals surface area contributed by atoms with Gasteiger partial charge in [-0.1, -0.05) is 53.5 Å². The van der Waals surface area contributed by atoms with E-state index in [1.165, 1.54) is 18.2 Å². The average molecular weight is 571 g/mol. The first kappa shape index (κ1) is 28.2. The highest BCUT2D eigenvalue weighted by molar-refractivity contribution is 6.39. The monoisotopic (exact) mass is 570 g/mol. The number of hydrogen-bond acceptors (Lipinski definition) is 7. The molecule has 0 radical (unpaired) electrons. The summed E-state index contributed by atoms with van der Waals surface area (Å²) in [6.07, 6.45) is -0.0183. The second-order valence-electron chi connectivity index (χ2n) is 8.97. The van der Waals surface area contributed by atoms with Gasteiger partial charge >= 0.3 is 5.97 Å². The fraction of sp³-hybridized carbons (Fsp3) is 0.286. The highest BCUT2D eigenvalue weighted by Gasteiger charge is 2.28. The standard InChI is InChI=1S/C28H28Cl2N4O5/c1-2-39-28(36)23(31-27(35)26-21(29)9-6-10-22(26)30)17-19-11-12-24(25(18-19)34(37)38)33-15-13-32(14-16-33)20-7-4-3-5-8-20/h3-12,18,23H,2,13-17H2,1H3,(H,31,35)/t23-/m0/s1. The van der Waals surface area contributed by atoms with Gasteiger partial charge in [0.1, 0.15) is 11.7 Å². The largest absolute Gasteiger partial charge is 0.464 e. The molecule has 1 aliphatic heterocycles. The molecular formula is C28H28Cl2N4O5. The van der Waals surface area contributed by atoms with Gasteiger partial charge in [-0.15, -0.1) is 0 Å². The molecule has 3 aromatic rings. The van der Waals surface area contributed by atoms with Crippen molar-refractivity contribution in [2.75, 3.05) is 42.6 Å². The normalized spacial score (nSPS) is 14.0. The number of piperazine rings is 1. The van der Waals surface area contributed by atoms with E-state index in [-0.39, 0.29) is 34.3 Å². The number of nitrogens with zero attached hydrogens (tertiary/aromatic N) is 3. The number of benzene rings is 3. The molecule has 0 bridgehead atoms. The molecule has 9 nitrogen and oxygen atoms in total. The van der Waals surface area contributed by atoms with Crippen molar-refractivity contribution in [1.29, 1.82) is 0 Å². The predicted molar refractivity (Wildman–Crippen MR) is 152 cm³/mol. The van der Waals surface area contributed by atoms with Gasteiger partial charge in [-0.2, -0.15) is 0 Å². The van der Waals surface area contributed by atoms with Crippen LogP contribution in [0.15, 0.2) is 66.7 Å². The molecule has 0 saturated carbocycles. The van der Waals surface area contributed by atoms with Gasteiger partial charge in [-0.25, -0.2) is 4.79 Å². The van der Waals surface area contributed by atoms with Crippen molar-refractivity contribution in [1.82, 2.24) is 5.32 Å². The number of anilines is 2. The van der Waals surface area contributed by atoms with Crippen LogP contribution < -0.4 is 15.1 Å². The summed E-state index contributed by atoms with van der Waals surface area (Å²) < 4.78 is 5.15. The van der Waals surface area contributed by atoms with Crippen LogP contribution in [0.2, 0.25) is 10.0 Å². The van der Waals surface area contributed by atoms with Gasteiger partial charge in [0, 0.05) is 44.4 Å². The number of nitrogens with one attached hydrogen (secondary N) is 1. The second kappa shape index (κ2) is 12.8. The second-order valence-corrected chi connectivity index (χ2v) is 9.78. The maximum Gasteiger partial charge on any atom is 0.328 e. The van der Waals surface area contributed by atoms with Crippen molar-refractivity contribution in [2.45, 2.75) is 19.4 Å². The van der Waals surface area contributed by atoms with E-state index in [1.54, 1.807) is 25.1 Å². The Hall–Kier alpha value is -3.82. The molecule has 1 amide bonds. The quantitative estimate of drug-likeness (QED) is 0.216. The summed E-state index contributed by atoms with van der Waals surface area (Å²) in [5.41, 5.74) is 2.09. The summed E-state index contributed by atoms with van der Waals surface area (Å²) in [5, 5.41) is 14.9. The zero-order chi connectivity index (χ0) is 27.9. The van der Waals surface area contributed by atoms with Crippen LogP contribution in [0.25, 0.3) is 0 Å². The maximum atomic E-state index is 13.0.